The molecule has 1 aromatic rings. The molecule has 0 spiro atoms. The van der Waals surface area contributed by atoms with Crippen LogP contribution in [0.3, 0.4) is 0 Å². The van der Waals surface area contributed by atoms with Crippen molar-refractivity contribution in [2.75, 3.05) is 31.1 Å². The molecule has 0 saturated carbocycles. The van der Waals surface area contributed by atoms with E-state index in [9.17, 15) is 0 Å². The largest absolute Gasteiger partial charge is 0.395 e. The van der Waals surface area contributed by atoms with Crippen molar-refractivity contribution >= 4 is 5.95 Å². The Morgan fingerprint density at radius 1 is 1.62 bits per heavy atom. The standard InChI is InChI=1S/C9H18N6O/c1-14-9(11-12-13-14)15(5-6-16)7-8-3-2-4-10-8/h8,10,16H,2-7H2,1H3. The van der Waals surface area contributed by atoms with E-state index in [0.717, 1.165) is 13.1 Å². The quantitative estimate of drug-likeness (QED) is 0.654. The van der Waals surface area contributed by atoms with Crippen LogP contribution in [0.1, 0.15) is 12.8 Å². The number of rotatable bonds is 5. The second-order valence-corrected chi connectivity index (χ2v) is 4.07. The van der Waals surface area contributed by atoms with Gasteiger partial charge in [-0.1, -0.05) is 5.10 Å². The van der Waals surface area contributed by atoms with Crippen LogP contribution in [-0.2, 0) is 7.05 Å². The van der Waals surface area contributed by atoms with Crippen LogP contribution in [0.4, 0.5) is 5.95 Å². The first kappa shape index (κ1) is 11.3. The predicted molar refractivity (Wildman–Crippen MR) is 59.1 cm³/mol. The van der Waals surface area contributed by atoms with Crippen LogP contribution in [0.15, 0.2) is 0 Å². The molecule has 0 amide bonds. The molecule has 2 heterocycles. The monoisotopic (exact) mass is 226 g/mol. The van der Waals surface area contributed by atoms with Gasteiger partial charge in [-0.2, -0.15) is 0 Å². The van der Waals surface area contributed by atoms with Crippen molar-refractivity contribution in [1.29, 1.82) is 0 Å². The van der Waals surface area contributed by atoms with Crippen LogP contribution >= 0.6 is 0 Å². The minimum absolute atomic E-state index is 0.111. The number of aryl methyl sites for hydroxylation is 1. The maximum absolute atomic E-state index is 9.06. The Labute approximate surface area is 94.4 Å². The lowest BCUT2D eigenvalue weighted by Crippen LogP contribution is -2.40. The lowest BCUT2D eigenvalue weighted by molar-refractivity contribution is 0.299. The third kappa shape index (κ3) is 2.48. The molecule has 0 aromatic carbocycles. The van der Waals surface area contributed by atoms with Crippen LogP contribution in [0, 0.1) is 0 Å². The van der Waals surface area contributed by atoms with Crippen LogP contribution < -0.4 is 10.2 Å². The summed E-state index contributed by atoms with van der Waals surface area (Å²) in [5, 5.41) is 23.9. The fraction of sp³-hybridized carbons (Fsp3) is 0.889. The van der Waals surface area contributed by atoms with E-state index >= 15 is 0 Å². The van der Waals surface area contributed by atoms with E-state index in [2.05, 4.69) is 20.8 Å². The third-order valence-corrected chi connectivity index (χ3v) is 2.85. The van der Waals surface area contributed by atoms with Gasteiger partial charge in [-0.05, 0) is 29.8 Å². The van der Waals surface area contributed by atoms with Gasteiger partial charge in [0.1, 0.15) is 0 Å². The van der Waals surface area contributed by atoms with Crippen molar-refractivity contribution < 1.29 is 5.11 Å². The first-order valence-electron chi connectivity index (χ1n) is 5.63. The van der Waals surface area contributed by atoms with Crippen molar-refractivity contribution in [2.24, 2.45) is 7.05 Å². The SMILES string of the molecule is Cn1nnnc1N(CCO)CC1CCCN1. The van der Waals surface area contributed by atoms with Crippen molar-refractivity contribution in [2.45, 2.75) is 18.9 Å². The highest BCUT2D eigenvalue weighted by Crippen LogP contribution is 2.11. The minimum atomic E-state index is 0.111. The van der Waals surface area contributed by atoms with Gasteiger partial charge in [-0.25, -0.2) is 4.68 Å². The molecule has 0 radical (unpaired) electrons. The van der Waals surface area contributed by atoms with E-state index < -0.39 is 0 Å². The topological polar surface area (TPSA) is 79.1 Å². The van der Waals surface area contributed by atoms with Gasteiger partial charge >= 0.3 is 0 Å². The maximum atomic E-state index is 9.06. The first-order valence-corrected chi connectivity index (χ1v) is 5.63. The molecule has 7 heteroatoms. The van der Waals surface area contributed by atoms with Crippen molar-refractivity contribution in [3.63, 3.8) is 0 Å². The maximum Gasteiger partial charge on any atom is 0.245 e. The molecular formula is C9H18N6O. The summed E-state index contributed by atoms with van der Waals surface area (Å²) < 4.78 is 1.63. The van der Waals surface area contributed by atoms with E-state index in [-0.39, 0.29) is 6.61 Å². The highest BCUT2D eigenvalue weighted by atomic mass is 16.3. The van der Waals surface area contributed by atoms with E-state index in [1.54, 1.807) is 4.68 Å². The average Bonchev–Trinajstić information content (AvgIpc) is 2.88. The molecule has 1 atom stereocenters. The molecule has 2 N–H and O–H groups in total. The van der Waals surface area contributed by atoms with Crippen LogP contribution in [-0.4, -0.2) is 57.6 Å². The molecule has 1 fully saturated rings. The summed E-state index contributed by atoms with van der Waals surface area (Å²) in [6, 6.07) is 0.475. The molecule has 1 saturated heterocycles. The molecule has 1 aromatic heterocycles. The van der Waals surface area contributed by atoms with Crippen LogP contribution in [0.5, 0.6) is 0 Å². The van der Waals surface area contributed by atoms with Crippen molar-refractivity contribution in [1.82, 2.24) is 25.5 Å². The number of hydrogen-bond donors (Lipinski definition) is 2. The fourth-order valence-corrected chi connectivity index (χ4v) is 2.06. The molecule has 2 rings (SSSR count). The number of tetrazole rings is 1. The van der Waals surface area contributed by atoms with Gasteiger partial charge in [0.15, 0.2) is 0 Å². The zero-order valence-corrected chi connectivity index (χ0v) is 9.50. The molecule has 1 unspecified atom stereocenters. The summed E-state index contributed by atoms with van der Waals surface area (Å²) in [7, 11) is 1.81. The average molecular weight is 226 g/mol. The van der Waals surface area contributed by atoms with Gasteiger partial charge in [-0.15, -0.1) is 0 Å². The van der Waals surface area contributed by atoms with Crippen LogP contribution in [0.2, 0.25) is 0 Å². The van der Waals surface area contributed by atoms with Gasteiger partial charge in [0.05, 0.1) is 6.61 Å². The summed E-state index contributed by atoms with van der Waals surface area (Å²) in [6.45, 7) is 2.59. The van der Waals surface area contributed by atoms with Gasteiger partial charge in [0.25, 0.3) is 0 Å². The van der Waals surface area contributed by atoms with Gasteiger partial charge in [0, 0.05) is 26.2 Å². The van der Waals surface area contributed by atoms with Crippen molar-refractivity contribution in [3.05, 3.63) is 0 Å². The molecule has 1 aliphatic rings. The lowest BCUT2D eigenvalue weighted by atomic mass is 10.2. The van der Waals surface area contributed by atoms with Gasteiger partial charge < -0.3 is 15.3 Å². The first-order chi connectivity index (χ1) is 7.81. The Hall–Kier alpha value is -1.21. The van der Waals surface area contributed by atoms with Gasteiger partial charge in [-0.3, -0.25) is 0 Å². The number of aromatic nitrogens is 4. The number of hydrogen-bond acceptors (Lipinski definition) is 6. The van der Waals surface area contributed by atoms with E-state index in [1.807, 2.05) is 11.9 Å². The number of aliphatic hydroxyl groups is 1. The smallest absolute Gasteiger partial charge is 0.245 e. The number of anilines is 1. The summed E-state index contributed by atoms with van der Waals surface area (Å²) >= 11 is 0. The number of nitrogens with one attached hydrogen (secondary N) is 1. The predicted octanol–water partition coefficient (Wildman–Crippen LogP) is -1.24. The van der Waals surface area contributed by atoms with E-state index in [0.29, 0.717) is 18.5 Å². The molecule has 16 heavy (non-hydrogen) atoms. The minimum Gasteiger partial charge on any atom is -0.395 e. The number of aliphatic hydroxyl groups excluding tert-OH is 1. The van der Waals surface area contributed by atoms with Crippen LogP contribution in [0.25, 0.3) is 0 Å². The van der Waals surface area contributed by atoms with E-state index in [4.69, 9.17) is 5.11 Å². The second kappa shape index (κ2) is 5.22. The molecular weight excluding hydrogens is 208 g/mol. The Kier molecular flexibility index (Phi) is 3.68. The van der Waals surface area contributed by atoms with Gasteiger partial charge in [0.2, 0.25) is 5.95 Å². The Morgan fingerprint density at radius 3 is 3.06 bits per heavy atom. The molecule has 90 valence electrons. The summed E-state index contributed by atoms with van der Waals surface area (Å²) in [5.74, 6) is 0.711. The molecule has 7 nitrogen and oxygen atoms in total. The Bertz CT molecular complexity index is 322. The zero-order chi connectivity index (χ0) is 11.4. The summed E-state index contributed by atoms with van der Waals surface area (Å²) in [5.41, 5.74) is 0. The normalized spacial score (nSPS) is 20.2. The molecule has 1 aliphatic heterocycles. The Balaban J connectivity index is 2.01. The number of nitrogens with zero attached hydrogens (tertiary/aromatic N) is 5. The lowest BCUT2D eigenvalue weighted by Gasteiger charge is -2.24. The summed E-state index contributed by atoms with van der Waals surface area (Å²) in [4.78, 5) is 2.02. The third-order valence-electron chi connectivity index (χ3n) is 2.85. The molecule has 0 bridgehead atoms. The summed E-state index contributed by atoms with van der Waals surface area (Å²) in [6.07, 6.45) is 2.39. The highest BCUT2D eigenvalue weighted by Gasteiger charge is 2.20. The van der Waals surface area contributed by atoms with E-state index in [1.165, 1.54) is 12.8 Å². The zero-order valence-electron chi connectivity index (χ0n) is 9.50. The highest BCUT2D eigenvalue weighted by molar-refractivity contribution is 5.28. The fourth-order valence-electron chi connectivity index (χ4n) is 2.06. The molecule has 0 aliphatic carbocycles. The second-order valence-electron chi connectivity index (χ2n) is 4.07. The van der Waals surface area contributed by atoms with Crippen molar-refractivity contribution in [3.8, 4) is 0 Å². The Morgan fingerprint density at radius 2 is 2.50 bits per heavy atom.